The zero-order valence-electron chi connectivity index (χ0n) is 23.7. The molecule has 0 amide bonds. The second-order valence-electron chi connectivity index (χ2n) is 11.6. The Hall–Kier alpha value is -5.45. The monoisotopic (exact) mass is 579 g/mol. The maximum Gasteiger partial charge on any atom is 0.148 e. The van der Waals surface area contributed by atoms with E-state index in [0.29, 0.717) is 0 Å². The van der Waals surface area contributed by atoms with Gasteiger partial charge in [0, 0.05) is 36.5 Å². The van der Waals surface area contributed by atoms with Crippen molar-refractivity contribution in [2.24, 2.45) is 4.99 Å². The molecule has 3 nitrogen and oxygen atoms in total. The average Bonchev–Trinajstić information content (AvgIpc) is 3.64. The molecule has 0 bridgehead atoms. The lowest BCUT2D eigenvalue weighted by Crippen LogP contribution is -2.30. The van der Waals surface area contributed by atoms with Crippen molar-refractivity contribution in [1.82, 2.24) is 4.57 Å². The second kappa shape index (κ2) is 9.03. The summed E-state index contributed by atoms with van der Waals surface area (Å²) in [5.74, 6) is 0. The molecule has 1 aliphatic rings. The van der Waals surface area contributed by atoms with Crippen molar-refractivity contribution >= 4 is 91.9 Å². The summed E-state index contributed by atoms with van der Waals surface area (Å²) < 4.78 is 5.06. The third-order valence-electron chi connectivity index (χ3n) is 9.22. The van der Waals surface area contributed by atoms with Crippen LogP contribution in [0.25, 0.3) is 63.5 Å². The topological polar surface area (TPSA) is 29.3 Å². The first kappa shape index (κ1) is 24.0. The zero-order valence-corrected chi connectivity index (χ0v) is 24.5. The molecule has 10 rings (SSSR count). The molecule has 7 aromatic carbocycles. The van der Waals surface area contributed by atoms with E-state index in [1.165, 1.54) is 69.1 Å². The minimum Gasteiger partial charge on any atom is -0.358 e. The van der Waals surface area contributed by atoms with Gasteiger partial charge >= 0.3 is 0 Å². The Bertz CT molecular complexity index is 2560. The Morgan fingerprint density at radius 1 is 0.545 bits per heavy atom. The van der Waals surface area contributed by atoms with E-state index >= 15 is 0 Å². The Balaban J connectivity index is 1.34. The molecule has 0 saturated heterocycles. The summed E-state index contributed by atoms with van der Waals surface area (Å²) in [5, 5.41) is 14.2. The van der Waals surface area contributed by atoms with Gasteiger partial charge in [0.15, 0.2) is 0 Å². The van der Waals surface area contributed by atoms with E-state index in [2.05, 4.69) is 149 Å². The summed E-state index contributed by atoms with van der Waals surface area (Å²) in [6.45, 7) is 0. The average molecular weight is 580 g/mol. The molecule has 3 heterocycles. The second-order valence-corrected chi connectivity index (χ2v) is 12.6. The van der Waals surface area contributed by atoms with Gasteiger partial charge in [-0.05, 0) is 51.9 Å². The third-order valence-corrected chi connectivity index (χ3v) is 10.4. The Morgan fingerprint density at radius 2 is 1.16 bits per heavy atom. The predicted molar refractivity (Wildman–Crippen MR) is 189 cm³/mol. The van der Waals surface area contributed by atoms with Gasteiger partial charge < -0.3 is 9.88 Å². The number of thiophene rings is 1. The van der Waals surface area contributed by atoms with Gasteiger partial charge in [-0.2, -0.15) is 0 Å². The summed E-state index contributed by atoms with van der Waals surface area (Å²) in [5.41, 5.74) is 6.61. The lowest BCUT2D eigenvalue weighted by Gasteiger charge is -2.30. The highest BCUT2D eigenvalue weighted by Gasteiger charge is 2.30. The Labute approximate surface area is 257 Å². The van der Waals surface area contributed by atoms with E-state index in [1.807, 2.05) is 11.3 Å². The molecule has 0 fully saturated rings. The van der Waals surface area contributed by atoms with Gasteiger partial charge in [0.2, 0.25) is 0 Å². The standard InChI is InChI=1S/C40H25N3S/c1-3-12-26-24(10-1)20-22-33-36(26)37-27-13-4-2-11-25(27)21-23-34(37)43(33)40-38(41-31-17-6-7-18-32(31)42-40)30-16-9-15-29-28-14-5-8-19-35(28)44-39(29)30/h1-23,40,42H. The van der Waals surface area contributed by atoms with Crippen LogP contribution in [0.15, 0.2) is 145 Å². The van der Waals surface area contributed by atoms with Crippen LogP contribution in [0.5, 0.6) is 0 Å². The molecule has 1 atom stereocenters. The largest absolute Gasteiger partial charge is 0.358 e. The lowest BCUT2D eigenvalue weighted by molar-refractivity contribution is 0.759. The molecule has 44 heavy (non-hydrogen) atoms. The zero-order chi connectivity index (χ0) is 28.8. The number of nitrogens with zero attached hydrogens (tertiary/aromatic N) is 2. The number of para-hydroxylation sites is 2. The number of benzene rings is 7. The minimum atomic E-state index is -0.219. The number of hydrogen-bond donors (Lipinski definition) is 1. The molecule has 9 aromatic rings. The van der Waals surface area contributed by atoms with Gasteiger partial charge in [0.05, 0.1) is 28.1 Å². The van der Waals surface area contributed by atoms with Crippen molar-refractivity contribution in [3.05, 3.63) is 145 Å². The van der Waals surface area contributed by atoms with Crippen molar-refractivity contribution in [3.8, 4) is 0 Å². The van der Waals surface area contributed by atoms with Crippen LogP contribution in [0.4, 0.5) is 11.4 Å². The van der Waals surface area contributed by atoms with Crippen molar-refractivity contribution in [1.29, 1.82) is 0 Å². The highest BCUT2D eigenvalue weighted by Crippen LogP contribution is 2.45. The Kier molecular flexibility index (Phi) is 4.93. The SMILES string of the molecule is c1ccc2c(c1)N=C(c1cccc3c1sc1ccccc13)C(n1c3ccc4ccccc4c3c3c4ccccc4ccc31)N2. The summed E-state index contributed by atoms with van der Waals surface area (Å²) >= 11 is 1.86. The number of aromatic nitrogens is 1. The smallest absolute Gasteiger partial charge is 0.148 e. The fraction of sp³-hybridized carbons (Fsp3) is 0.0250. The number of rotatable bonds is 2. The van der Waals surface area contributed by atoms with Crippen LogP contribution in [0.3, 0.4) is 0 Å². The quantitative estimate of drug-likeness (QED) is 0.217. The Morgan fingerprint density at radius 3 is 1.91 bits per heavy atom. The summed E-state index contributed by atoms with van der Waals surface area (Å²) in [7, 11) is 0. The summed E-state index contributed by atoms with van der Waals surface area (Å²) in [6.07, 6.45) is -0.219. The first-order valence-corrected chi connectivity index (χ1v) is 15.8. The molecule has 2 aromatic heterocycles. The first-order valence-electron chi connectivity index (χ1n) is 15.0. The van der Waals surface area contributed by atoms with Crippen LogP contribution >= 0.6 is 11.3 Å². The fourth-order valence-electron chi connectivity index (χ4n) is 7.30. The maximum absolute atomic E-state index is 5.45. The van der Waals surface area contributed by atoms with Crippen molar-refractivity contribution in [2.45, 2.75) is 6.17 Å². The molecule has 0 radical (unpaired) electrons. The maximum atomic E-state index is 5.45. The van der Waals surface area contributed by atoms with E-state index < -0.39 is 0 Å². The van der Waals surface area contributed by atoms with E-state index in [-0.39, 0.29) is 6.17 Å². The van der Waals surface area contributed by atoms with E-state index in [1.54, 1.807) is 0 Å². The van der Waals surface area contributed by atoms with E-state index in [4.69, 9.17) is 4.99 Å². The van der Waals surface area contributed by atoms with Crippen molar-refractivity contribution in [3.63, 3.8) is 0 Å². The minimum absolute atomic E-state index is 0.219. The predicted octanol–water partition coefficient (Wildman–Crippen LogP) is 11.2. The van der Waals surface area contributed by atoms with Gasteiger partial charge in [-0.15, -0.1) is 11.3 Å². The first-order chi connectivity index (χ1) is 21.8. The van der Waals surface area contributed by atoms with E-state index in [0.717, 1.165) is 17.1 Å². The molecule has 1 N–H and O–H groups in total. The molecular formula is C40H25N3S. The van der Waals surface area contributed by atoms with Gasteiger partial charge in [0.25, 0.3) is 0 Å². The van der Waals surface area contributed by atoms with E-state index in [9.17, 15) is 0 Å². The highest BCUT2D eigenvalue weighted by atomic mass is 32.1. The van der Waals surface area contributed by atoms with Gasteiger partial charge in [0.1, 0.15) is 6.17 Å². The summed E-state index contributed by atoms with van der Waals surface area (Å²) in [4.78, 5) is 5.45. The van der Waals surface area contributed by atoms with Crippen LogP contribution in [0.1, 0.15) is 11.7 Å². The van der Waals surface area contributed by atoms with Gasteiger partial charge in [-0.3, -0.25) is 0 Å². The number of fused-ring (bicyclic) bond motifs is 11. The molecule has 1 unspecified atom stereocenters. The highest BCUT2D eigenvalue weighted by molar-refractivity contribution is 7.26. The molecule has 4 heteroatoms. The molecule has 206 valence electrons. The lowest BCUT2D eigenvalue weighted by atomic mass is 10.00. The van der Waals surface area contributed by atoms with Crippen LogP contribution in [0, 0.1) is 0 Å². The normalized spacial score (nSPS) is 14.9. The number of hydrogen-bond acceptors (Lipinski definition) is 3. The number of aliphatic imine (C=N–C) groups is 1. The van der Waals surface area contributed by atoms with Crippen molar-refractivity contribution in [2.75, 3.05) is 5.32 Å². The van der Waals surface area contributed by atoms with Crippen LogP contribution in [-0.4, -0.2) is 10.3 Å². The molecule has 0 spiro atoms. The van der Waals surface area contributed by atoms with Crippen LogP contribution < -0.4 is 5.32 Å². The van der Waals surface area contributed by atoms with Gasteiger partial charge in [-0.25, -0.2) is 4.99 Å². The molecule has 0 saturated carbocycles. The van der Waals surface area contributed by atoms with Crippen LogP contribution in [0.2, 0.25) is 0 Å². The molecular weight excluding hydrogens is 555 g/mol. The van der Waals surface area contributed by atoms with Gasteiger partial charge in [-0.1, -0.05) is 109 Å². The number of nitrogens with one attached hydrogen (secondary N) is 1. The third kappa shape index (κ3) is 3.29. The fourth-order valence-corrected chi connectivity index (χ4v) is 8.52. The van der Waals surface area contributed by atoms with Crippen LogP contribution in [-0.2, 0) is 0 Å². The molecule has 1 aliphatic heterocycles. The summed E-state index contributed by atoms with van der Waals surface area (Å²) in [6, 6.07) is 50.4. The van der Waals surface area contributed by atoms with Crippen molar-refractivity contribution < 1.29 is 0 Å². The number of anilines is 1. The molecule has 0 aliphatic carbocycles.